The first-order valence-corrected chi connectivity index (χ1v) is 5.68. The summed E-state index contributed by atoms with van der Waals surface area (Å²) in [6, 6.07) is 7.77. The number of allylic oxidation sites excluding steroid dienone is 5. The predicted octanol–water partition coefficient (Wildman–Crippen LogP) is 2.97. The van der Waals surface area contributed by atoms with Gasteiger partial charge in [0, 0.05) is 0 Å². The fourth-order valence-electron chi connectivity index (χ4n) is 2.56. The van der Waals surface area contributed by atoms with E-state index in [1.165, 1.54) is 0 Å². The summed E-state index contributed by atoms with van der Waals surface area (Å²) in [7, 11) is 0. The first-order valence-electron chi connectivity index (χ1n) is 5.68. The summed E-state index contributed by atoms with van der Waals surface area (Å²) in [6.07, 6.45) is 7.61. The van der Waals surface area contributed by atoms with Gasteiger partial charge in [-0.15, -0.1) is 0 Å². The predicted molar refractivity (Wildman–Crippen MR) is 66.5 cm³/mol. The number of benzene rings is 1. The number of hydrogen-bond donors (Lipinski definition) is 1. The minimum absolute atomic E-state index is 0.474. The summed E-state index contributed by atoms with van der Waals surface area (Å²) in [5, 5.41) is 9.41. The van der Waals surface area contributed by atoms with E-state index in [4.69, 9.17) is 0 Å². The number of carboxylic acid groups (broad SMARTS) is 1. The minimum atomic E-state index is -0.826. The summed E-state index contributed by atoms with van der Waals surface area (Å²) in [6.45, 7) is 0. The van der Waals surface area contributed by atoms with Gasteiger partial charge in [-0.3, -0.25) is 0 Å². The SMILES string of the molecule is O=C(O)C1=C2CC=CC=C2Cc2ccccc21. The lowest BCUT2D eigenvalue weighted by Crippen LogP contribution is -2.14. The topological polar surface area (TPSA) is 37.3 Å². The molecule has 0 aliphatic heterocycles. The molecule has 1 N–H and O–H groups in total. The molecule has 2 aliphatic carbocycles. The Morgan fingerprint density at radius 1 is 1.24 bits per heavy atom. The molecule has 0 unspecified atom stereocenters. The fourth-order valence-corrected chi connectivity index (χ4v) is 2.56. The molecular formula is C15H12O2. The van der Waals surface area contributed by atoms with Crippen molar-refractivity contribution >= 4 is 11.5 Å². The molecule has 84 valence electrons. The highest BCUT2D eigenvalue weighted by Crippen LogP contribution is 2.37. The summed E-state index contributed by atoms with van der Waals surface area (Å²) in [5.74, 6) is -0.826. The first-order chi connectivity index (χ1) is 8.27. The average Bonchev–Trinajstić information content (AvgIpc) is 2.35. The Hall–Kier alpha value is -2.09. The zero-order valence-electron chi connectivity index (χ0n) is 9.31. The van der Waals surface area contributed by atoms with Crippen LogP contribution in [-0.2, 0) is 11.2 Å². The number of hydrogen-bond acceptors (Lipinski definition) is 1. The van der Waals surface area contributed by atoms with Gasteiger partial charge in [0.05, 0.1) is 5.57 Å². The number of aliphatic carboxylic acids is 1. The molecule has 3 rings (SSSR count). The van der Waals surface area contributed by atoms with Crippen molar-refractivity contribution in [1.82, 2.24) is 0 Å². The van der Waals surface area contributed by atoms with Crippen LogP contribution in [0.1, 0.15) is 17.5 Å². The van der Waals surface area contributed by atoms with Crippen molar-refractivity contribution in [2.24, 2.45) is 0 Å². The Kier molecular flexibility index (Phi) is 2.22. The van der Waals surface area contributed by atoms with Crippen LogP contribution in [0.5, 0.6) is 0 Å². The van der Waals surface area contributed by atoms with Crippen molar-refractivity contribution in [3.63, 3.8) is 0 Å². The second-order valence-corrected chi connectivity index (χ2v) is 4.32. The summed E-state index contributed by atoms with van der Waals surface area (Å²) in [5.41, 5.74) is 4.57. The van der Waals surface area contributed by atoms with E-state index >= 15 is 0 Å². The molecule has 0 spiro atoms. The van der Waals surface area contributed by atoms with E-state index in [1.807, 2.05) is 42.5 Å². The Labute approximate surface area is 99.6 Å². The lowest BCUT2D eigenvalue weighted by Gasteiger charge is -2.24. The molecule has 0 fully saturated rings. The maximum absolute atomic E-state index is 11.5. The molecule has 2 heteroatoms. The monoisotopic (exact) mass is 224 g/mol. The molecule has 0 saturated carbocycles. The van der Waals surface area contributed by atoms with E-state index < -0.39 is 5.97 Å². The highest BCUT2D eigenvalue weighted by molar-refractivity contribution is 6.18. The molecular weight excluding hydrogens is 212 g/mol. The quantitative estimate of drug-likeness (QED) is 0.796. The second-order valence-electron chi connectivity index (χ2n) is 4.32. The molecule has 0 bridgehead atoms. The van der Waals surface area contributed by atoms with Crippen LogP contribution in [0.3, 0.4) is 0 Å². The van der Waals surface area contributed by atoms with Crippen molar-refractivity contribution in [3.05, 3.63) is 64.8 Å². The van der Waals surface area contributed by atoms with Crippen molar-refractivity contribution in [2.75, 3.05) is 0 Å². The van der Waals surface area contributed by atoms with Gasteiger partial charge in [0.15, 0.2) is 0 Å². The third kappa shape index (κ3) is 1.53. The maximum Gasteiger partial charge on any atom is 0.336 e. The van der Waals surface area contributed by atoms with Crippen LogP contribution >= 0.6 is 0 Å². The van der Waals surface area contributed by atoms with Crippen LogP contribution in [0.2, 0.25) is 0 Å². The van der Waals surface area contributed by atoms with Gasteiger partial charge < -0.3 is 5.11 Å². The molecule has 0 aromatic heterocycles. The van der Waals surface area contributed by atoms with Crippen LogP contribution in [-0.4, -0.2) is 11.1 Å². The van der Waals surface area contributed by atoms with Gasteiger partial charge in [0.25, 0.3) is 0 Å². The van der Waals surface area contributed by atoms with Gasteiger partial charge in [-0.05, 0) is 35.1 Å². The van der Waals surface area contributed by atoms with Gasteiger partial charge in [0.2, 0.25) is 0 Å². The lowest BCUT2D eigenvalue weighted by atomic mass is 9.79. The van der Waals surface area contributed by atoms with Crippen molar-refractivity contribution in [3.8, 4) is 0 Å². The molecule has 1 aromatic rings. The lowest BCUT2D eigenvalue weighted by molar-refractivity contribution is -0.130. The summed E-state index contributed by atoms with van der Waals surface area (Å²) < 4.78 is 0. The number of carbonyl (C=O) groups is 1. The Morgan fingerprint density at radius 2 is 2.06 bits per heavy atom. The standard InChI is InChI=1S/C15H12O2/c16-15(17)14-12-7-3-1-5-10(12)9-11-6-2-4-8-13(11)14/h1-7H,8-9H2,(H,16,17). The zero-order valence-corrected chi connectivity index (χ0v) is 9.31. The Bertz CT molecular complexity index is 589. The molecule has 1 aromatic carbocycles. The smallest absolute Gasteiger partial charge is 0.336 e. The van der Waals surface area contributed by atoms with Crippen LogP contribution in [0.15, 0.2) is 53.6 Å². The molecule has 0 radical (unpaired) electrons. The van der Waals surface area contributed by atoms with E-state index in [2.05, 4.69) is 0 Å². The van der Waals surface area contributed by atoms with Gasteiger partial charge in [0.1, 0.15) is 0 Å². The molecule has 0 amide bonds. The number of fused-ring (bicyclic) bond motifs is 2. The molecule has 0 heterocycles. The first kappa shape index (κ1) is 10.1. The maximum atomic E-state index is 11.5. The molecule has 0 atom stereocenters. The van der Waals surface area contributed by atoms with Gasteiger partial charge >= 0.3 is 5.97 Å². The molecule has 17 heavy (non-hydrogen) atoms. The van der Waals surface area contributed by atoms with E-state index in [-0.39, 0.29) is 0 Å². The molecule has 2 nitrogen and oxygen atoms in total. The van der Waals surface area contributed by atoms with Gasteiger partial charge in [-0.25, -0.2) is 4.79 Å². The molecule has 2 aliphatic rings. The average molecular weight is 224 g/mol. The van der Waals surface area contributed by atoms with Crippen LogP contribution < -0.4 is 0 Å². The molecule has 0 saturated heterocycles. The highest BCUT2D eigenvalue weighted by atomic mass is 16.4. The summed E-state index contributed by atoms with van der Waals surface area (Å²) in [4.78, 5) is 11.5. The van der Waals surface area contributed by atoms with Crippen molar-refractivity contribution in [2.45, 2.75) is 12.8 Å². The normalized spacial score (nSPS) is 17.3. The number of carboxylic acids is 1. The Balaban J connectivity index is 2.29. The number of rotatable bonds is 1. The van der Waals surface area contributed by atoms with E-state index in [0.717, 1.165) is 35.1 Å². The van der Waals surface area contributed by atoms with Crippen molar-refractivity contribution in [1.29, 1.82) is 0 Å². The van der Waals surface area contributed by atoms with Crippen LogP contribution in [0.4, 0.5) is 0 Å². The van der Waals surface area contributed by atoms with E-state index in [1.54, 1.807) is 0 Å². The highest BCUT2D eigenvalue weighted by Gasteiger charge is 2.26. The van der Waals surface area contributed by atoms with Crippen molar-refractivity contribution < 1.29 is 9.90 Å². The largest absolute Gasteiger partial charge is 0.478 e. The van der Waals surface area contributed by atoms with E-state index in [0.29, 0.717) is 5.57 Å². The van der Waals surface area contributed by atoms with Gasteiger partial charge in [-0.2, -0.15) is 0 Å². The van der Waals surface area contributed by atoms with Gasteiger partial charge in [-0.1, -0.05) is 42.5 Å². The van der Waals surface area contributed by atoms with Crippen LogP contribution in [0.25, 0.3) is 5.57 Å². The second kappa shape index (κ2) is 3.74. The fraction of sp³-hybridized carbons (Fsp3) is 0.133. The zero-order chi connectivity index (χ0) is 11.8. The Morgan fingerprint density at radius 3 is 2.88 bits per heavy atom. The van der Waals surface area contributed by atoms with E-state index in [9.17, 15) is 9.90 Å². The minimum Gasteiger partial charge on any atom is -0.478 e. The van der Waals surface area contributed by atoms with Crippen LogP contribution in [0, 0.1) is 0 Å². The third-order valence-electron chi connectivity index (χ3n) is 3.33. The summed E-state index contributed by atoms with van der Waals surface area (Å²) >= 11 is 0. The third-order valence-corrected chi connectivity index (χ3v) is 3.33.